The minimum absolute atomic E-state index is 0.118. The van der Waals surface area contributed by atoms with Crippen LogP contribution in [0.2, 0.25) is 5.02 Å². The van der Waals surface area contributed by atoms with E-state index in [9.17, 15) is 9.59 Å². The molecule has 0 saturated carbocycles. The lowest BCUT2D eigenvalue weighted by Crippen LogP contribution is -2.50. The van der Waals surface area contributed by atoms with Crippen molar-refractivity contribution < 1.29 is 14.3 Å². The second-order valence-electron chi connectivity index (χ2n) is 5.87. The van der Waals surface area contributed by atoms with Crippen LogP contribution in [0.5, 0.6) is 5.75 Å². The Hall–Kier alpha value is -2.53. The van der Waals surface area contributed by atoms with Crippen LogP contribution in [0.4, 0.5) is 5.69 Å². The summed E-state index contributed by atoms with van der Waals surface area (Å²) in [5.41, 5.74) is 1.74. The zero-order chi connectivity index (χ0) is 17.8. The second-order valence-corrected chi connectivity index (χ2v) is 6.31. The van der Waals surface area contributed by atoms with Crippen molar-refractivity contribution in [2.45, 2.75) is 19.4 Å². The third kappa shape index (κ3) is 4.12. The molecule has 6 heteroatoms. The Morgan fingerprint density at radius 2 is 2.04 bits per heavy atom. The van der Waals surface area contributed by atoms with Crippen molar-refractivity contribution in [2.24, 2.45) is 0 Å². The van der Waals surface area contributed by atoms with Gasteiger partial charge >= 0.3 is 0 Å². The lowest BCUT2D eigenvalue weighted by atomic mass is 10.1. The fourth-order valence-electron chi connectivity index (χ4n) is 2.81. The van der Waals surface area contributed by atoms with Gasteiger partial charge in [-0.1, -0.05) is 35.9 Å². The summed E-state index contributed by atoms with van der Waals surface area (Å²) in [4.78, 5) is 25.9. The van der Waals surface area contributed by atoms with Gasteiger partial charge in [-0.3, -0.25) is 9.59 Å². The van der Waals surface area contributed by atoms with Gasteiger partial charge in [0.05, 0.1) is 12.2 Å². The van der Waals surface area contributed by atoms with Gasteiger partial charge in [-0.15, -0.1) is 0 Å². The highest BCUT2D eigenvalue weighted by Crippen LogP contribution is 2.33. The molecule has 25 heavy (non-hydrogen) atoms. The van der Waals surface area contributed by atoms with Gasteiger partial charge in [0.2, 0.25) is 5.91 Å². The molecule has 5 nitrogen and oxygen atoms in total. The second kappa shape index (κ2) is 7.57. The first kappa shape index (κ1) is 17.3. The van der Waals surface area contributed by atoms with Gasteiger partial charge in [-0.05, 0) is 36.2 Å². The molecule has 2 aromatic rings. The van der Waals surface area contributed by atoms with Crippen molar-refractivity contribution in [3.8, 4) is 5.75 Å². The van der Waals surface area contributed by atoms with Crippen LogP contribution in [0.25, 0.3) is 0 Å². The molecule has 0 fully saturated rings. The molecule has 0 aliphatic carbocycles. The van der Waals surface area contributed by atoms with E-state index in [4.69, 9.17) is 16.3 Å². The summed E-state index contributed by atoms with van der Waals surface area (Å²) in [5, 5.41) is 3.54. The molecule has 2 aromatic carbocycles. The van der Waals surface area contributed by atoms with Gasteiger partial charge in [0, 0.05) is 18.5 Å². The number of para-hydroxylation sites is 2. The summed E-state index contributed by atoms with van der Waals surface area (Å²) in [5.74, 6) is 0.189. The van der Waals surface area contributed by atoms with Crippen molar-refractivity contribution in [3.63, 3.8) is 0 Å². The minimum atomic E-state index is -0.724. The summed E-state index contributed by atoms with van der Waals surface area (Å²) < 4.78 is 5.77. The van der Waals surface area contributed by atoms with Crippen LogP contribution in [0.15, 0.2) is 48.5 Å². The Kier molecular flexibility index (Phi) is 5.24. The molecule has 1 unspecified atom stereocenters. The average Bonchev–Trinajstić information content (AvgIpc) is 2.60. The Labute approximate surface area is 151 Å². The molecule has 2 amide bonds. The first-order valence-electron chi connectivity index (χ1n) is 8.10. The molecule has 3 rings (SSSR count). The van der Waals surface area contributed by atoms with Crippen molar-refractivity contribution in [2.75, 3.05) is 18.0 Å². The van der Waals surface area contributed by atoms with Crippen LogP contribution in [0, 0.1) is 0 Å². The van der Waals surface area contributed by atoms with Crippen molar-refractivity contribution in [1.29, 1.82) is 0 Å². The van der Waals surface area contributed by atoms with Crippen molar-refractivity contribution in [3.05, 3.63) is 59.1 Å². The molecule has 0 saturated heterocycles. The predicted molar refractivity (Wildman–Crippen MR) is 97.1 cm³/mol. The molecule has 130 valence electrons. The van der Waals surface area contributed by atoms with E-state index < -0.39 is 6.10 Å². The predicted octanol–water partition coefficient (Wildman–Crippen LogP) is 2.81. The monoisotopic (exact) mass is 358 g/mol. The fraction of sp³-hybridized carbons (Fsp3) is 0.263. The lowest BCUT2D eigenvalue weighted by molar-refractivity contribution is -0.128. The van der Waals surface area contributed by atoms with Crippen LogP contribution in [-0.4, -0.2) is 31.0 Å². The fourth-order valence-corrected chi connectivity index (χ4v) is 3.02. The third-order valence-corrected chi connectivity index (χ3v) is 4.28. The van der Waals surface area contributed by atoms with E-state index in [1.165, 1.54) is 6.92 Å². The number of carbonyl (C=O) groups is 2. The number of nitrogens with zero attached hydrogens (tertiary/aromatic N) is 1. The summed E-state index contributed by atoms with van der Waals surface area (Å²) in [7, 11) is 0. The number of fused-ring (bicyclic) bond motifs is 1. The Balaban J connectivity index is 1.62. The van der Waals surface area contributed by atoms with Gasteiger partial charge in [0.1, 0.15) is 5.75 Å². The number of halogens is 1. The molecule has 0 spiro atoms. The molecule has 0 radical (unpaired) electrons. The van der Waals surface area contributed by atoms with E-state index in [0.29, 0.717) is 29.4 Å². The van der Waals surface area contributed by atoms with E-state index in [0.717, 1.165) is 5.56 Å². The molecule has 0 aromatic heterocycles. The largest absolute Gasteiger partial charge is 0.477 e. The topological polar surface area (TPSA) is 58.6 Å². The molecule has 1 aliphatic rings. The zero-order valence-corrected chi connectivity index (χ0v) is 14.6. The van der Waals surface area contributed by atoms with E-state index >= 15 is 0 Å². The number of hydrogen-bond donors (Lipinski definition) is 1. The lowest BCUT2D eigenvalue weighted by Gasteiger charge is -2.33. The molecule has 1 aliphatic heterocycles. The highest BCUT2D eigenvalue weighted by molar-refractivity contribution is 6.30. The Morgan fingerprint density at radius 1 is 1.24 bits per heavy atom. The summed E-state index contributed by atoms with van der Waals surface area (Å²) in [6.45, 7) is 2.16. The van der Waals surface area contributed by atoms with E-state index in [1.54, 1.807) is 11.0 Å². The van der Waals surface area contributed by atoms with Crippen LogP contribution in [0.1, 0.15) is 12.5 Å². The number of benzene rings is 2. The van der Waals surface area contributed by atoms with Crippen LogP contribution in [0.3, 0.4) is 0 Å². The van der Waals surface area contributed by atoms with Crippen LogP contribution >= 0.6 is 11.6 Å². The number of hydrogen-bond acceptors (Lipinski definition) is 3. The molecule has 1 N–H and O–H groups in total. The van der Waals surface area contributed by atoms with Crippen molar-refractivity contribution in [1.82, 2.24) is 5.32 Å². The zero-order valence-electron chi connectivity index (χ0n) is 13.9. The quantitative estimate of drug-likeness (QED) is 0.914. The van der Waals surface area contributed by atoms with Crippen LogP contribution < -0.4 is 15.0 Å². The van der Waals surface area contributed by atoms with E-state index in [-0.39, 0.29) is 18.4 Å². The third-order valence-electron chi connectivity index (χ3n) is 4.05. The van der Waals surface area contributed by atoms with Gasteiger partial charge in [0.15, 0.2) is 6.10 Å². The molecule has 1 atom stereocenters. The van der Waals surface area contributed by atoms with Gasteiger partial charge in [-0.2, -0.15) is 0 Å². The highest BCUT2D eigenvalue weighted by Gasteiger charge is 2.32. The van der Waals surface area contributed by atoms with E-state index in [1.807, 2.05) is 42.5 Å². The number of rotatable bonds is 4. The number of amides is 2. The highest BCUT2D eigenvalue weighted by atomic mass is 35.5. The maximum Gasteiger partial charge on any atom is 0.262 e. The minimum Gasteiger partial charge on any atom is -0.477 e. The normalized spacial score (nSPS) is 15.9. The Bertz CT molecular complexity index is 794. The van der Waals surface area contributed by atoms with E-state index in [2.05, 4.69) is 5.32 Å². The smallest absolute Gasteiger partial charge is 0.262 e. The number of anilines is 1. The number of carbonyl (C=O) groups excluding carboxylic acids is 2. The number of nitrogens with one attached hydrogen (secondary N) is 1. The summed E-state index contributed by atoms with van der Waals surface area (Å²) in [6.07, 6.45) is -0.0513. The summed E-state index contributed by atoms with van der Waals surface area (Å²) >= 11 is 5.96. The number of ether oxygens (including phenoxy) is 1. The van der Waals surface area contributed by atoms with Gasteiger partial charge in [-0.25, -0.2) is 0 Å². The van der Waals surface area contributed by atoms with Gasteiger partial charge < -0.3 is 15.0 Å². The molecule has 1 heterocycles. The molecular weight excluding hydrogens is 340 g/mol. The molecular formula is C19H19ClN2O3. The first-order chi connectivity index (χ1) is 12.0. The Morgan fingerprint density at radius 3 is 2.80 bits per heavy atom. The maximum atomic E-state index is 12.4. The summed E-state index contributed by atoms with van der Waals surface area (Å²) in [6, 6.07) is 14.8. The van der Waals surface area contributed by atoms with Gasteiger partial charge in [0.25, 0.3) is 5.91 Å². The molecule has 0 bridgehead atoms. The van der Waals surface area contributed by atoms with Crippen molar-refractivity contribution >= 4 is 29.1 Å². The standard InChI is InChI=1S/C19H19ClN2O3/c1-13(23)22-12-18(25-17-8-3-2-7-16(17)22)19(24)21-10-9-14-5-4-6-15(20)11-14/h2-8,11,18H,9-10,12H2,1H3,(H,21,24). The maximum absolute atomic E-state index is 12.4. The average molecular weight is 359 g/mol. The first-order valence-corrected chi connectivity index (χ1v) is 8.48. The SMILES string of the molecule is CC(=O)N1CC(C(=O)NCCc2cccc(Cl)c2)Oc2ccccc21. The van der Waals surface area contributed by atoms with Crippen LogP contribution in [-0.2, 0) is 16.0 Å².